The predicted octanol–water partition coefficient (Wildman–Crippen LogP) is 4.56. The highest BCUT2D eigenvalue weighted by atomic mass is 35.5. The average molecular weight is 344 g/mol. The Labute approximate surface area is 147 Å². The quantitative estimate of drug-likeness (QED) is 0.618. The molecule has 0 fully saturated rings. The number of aryl methyl sites for hydroxylation is 1. The zero-order valence-electron chi connectivity index (χ0n) is 13.8. The van der Waals surface area contributed by atoms with Crippen molar-refractivity contribution in [1.29, 1.82) is 0 Å². The summed E-state index contributed by atoms with van der Waals surface area (Å²) in [4.78, 5) is 7.60. The van der Waals surface area contributed by atoms with Crippen LogP contribution in [0.15, 0.2) is 36.7 Å². The number of unbranched alkanes of at least 4 members (excludes halogenated alkanes) is 1. The minimum Gasteiger partial charge on any atom is -0.494 e. The van der Waals surface area contributed by atoms with Gasteiger partial charge in [0.2, 0.25) is 0 Å². The van der Waals surface area contributed by atoms with E-state index in [-0.39, 0.29) is 0 Å². The van der Waals surface area contributed by atoms with Crippen molar-refractivity contribution >= 4 is 22.5 Å². The Balaban J connectivity index is 2.12. The Bertz CT molecular complexity index is 829. The topological polar surface area (TPSA) is 63.9 Å². The Morgan fingerprint density at radius 3 is 2.88 bits per heavy atom. The third kappa shape index (κ3) is 3.40. The lowest BCUT2D eigenvalue weighted by molar-refractivity contribution is 0.340. The van der Waals surface area contributed by atoms with Crippen molar-refractivity contribution in [2.75, 3.05) is 13.2 Å². The SMILES string of the molecule is CCOc1ccc2[nH]c(-c3ccncc3Cl)c(CCCCN)c2c1. The number of ether oxygens (including phenoxy) is 1. The minimum absolute atomic E-state index is 0.647. The molecule has 3 rings (SSSR count). The van der Waals surface area contributed by atoms with E-state index in [0.29, 0.717) is 18.2 Å². The molecule has 0 aliphatic heterocycles. The highest BCUT2D eigenvalue weighted by Crippen LogP contribution is 2.36. The van der Waals surface area contributed by atoms with Gasteiger partial charge in [0.05, 0.1) is 17.3 Å². The molecule has 3 aromatic rings. The number of nitrogens with two attached hydrogens (primary N) is 1. The number of nitrogens with zero attached hydrogens (tertiary/aromatic N) is 1. The largest absolute Gasteiger partial charge is 0.494 e. The third-order valence-electron chi connectivity index (χ3n) is 4.11. The van der Waals surface area contributed by atoms with Crippen LogP contribution in [-0.2, 0) is 6.42 Å². The second kappa shape index (κ2) is 7.69. The van der Waals surface area contributed by atoms with Gasteiger partial charge in [-0.1, -0.05) is 11.6 Å². The summed E-state index contributed by atoms with van der Waals surface area (Å²) >= 11 is 6.37. The Hall–Kier alpha value is -2.04. The summed E-state index contributed by atoms with van der Waals surface area (Å²) in [5.41, 5.74) is 10.0. The molecule has 4 nitrogen and oxygen atoms in total. The van der Waals surface area contributed by atoms with E-state index >= 15 is 0 Å². The van der Waals surface area contributed by atoms with Gasteiger partial charge in [-0.2, -0.15) is 0 Å². The fourth-order valence-corrected chi connectivity index (χ4v) is 3.21. The molecule has 0 radical (unpaired) electrons. The molecule has 24 heavy (non-hydrogen) atoms. The van der Waals surface area contributed by atoms with Crippen LogP contribution in [0.1, 0.15) is 25.3 Å². The summed E-state index contributed by atoms with van der Waals surface area (Å²) in [5.74, 6) is 0.886. The van der Waals surface area contributed by atoms with E-state index in [9.17, 15) is 0 Å². The van der Waals surface area contributed by atoms with Crippen molar-refractivity contribution in [1.82, 2.24) is 9.97 Å². The van der Waals surface area contributed by atoms with Crippen LogP contribution in [0.3, 0.4) is 0 Å². The van der Waals surface area contributed by atoms with E-state index in [0.717, 1.165) is 41.8 Å². The lowest BCUT2D eigenvalue weighted by Crippen LogP contribution is -1.99. The van der Waals surface area contributed by atoms with Crippen LogP contribution >= 0.6 is 11.6 Å². The number of H-pyrrole nitrogens is 1. The molecule has 126 valence electrons. The number of fused-ring (bicyclic) bond motifs is 1. The maximum Gasteiger partial charge on any atom is 0.120 e. The number of aromatic amines is 1. The van der Waals surface area contributed by atoms with Crippen molar-refractivity contribution in [3.05, 3.63) is 47.2 Å². The van der Waals surface area contributed by atoms with Gasteiger partial charge in [-0.3, -0.25) is 4.98 Å². The molecule has 0 saturated heterocycles. The summed E-state index contributed by atoms with van der Waals surface area (Å²) in [6.45, 7) is 3.35. The first-order valence-corrected chi connectivity index (χ1v) is 8.69. The molecular formula is C19H22ClN3O. The molecule has 2 aromatic heterocycles. The number of aromatic nitrogens is 2. The van der Waals surface area contributed by atoms with Gasteiger partial charge in [-0.15, -0.1) is 0 Å². The Kier molecular flexibility index (Phi) is 5.38. The number of benzene rings is 1. The summed E-state index contributed by atoms with van der Waals surface area (Å²) in [6.07, 6.45) is 6.43. The van der Waals surface area contributed by atoms with E-state index in [1.54, 1.807) is 12.4 Å². The molecule has 0 aliphatic rings. The first kappa shape index (κ1) is 16.8. The Morgan fingerprint density at radius 1 is 1.25 bits per heavy atom. The van der Waals surface area contributed by atoms with Gasteiger partial charge in [0.1, 0.15) is 5.75 Å². The number of rotatable bonds is 7. The lowest BCUT2D eigenvalue weighted by Gasteiger charge is -2.07. The van der Waals surface area contributed by atoms with Gasteiger partial charge in [-0.05, 0) is 62.6 Å². The van der Waals surface area contributed by atoms with Crippen LogP contribution in [0.4, 0.5) is 0 Å². The Morgan fingerprint density at radius 2 is 2.12 bits per heavy atom. The minimum atomic E-state index is 0.647. The van der Waals surface area contributed by atoms with Crippen LogP contribution in [0, 0.1) is 0 Å². The zero-order valence-corrected chi connectivity index (χ0v) is 14.6. The number of pyridine rings is 1. The van der Waals surface area contributed by atoms with Crippen LogP contribution in [-0.4, -0.2) is 23.1 Å². The van der Waals surface area contributed by atoms with E-state index in [1.807, 2.05) is 19.1 Å². The molecule has 0 saturated carbocycles. The van der Waals surface area contributed by atoms with Gasteiger partial charge in [-0.25, -0.2) is 0 Å². The number of nitrogens with one attached hydrogen (secondary N) is 1. The van der Waals surface area contributed by atoms with Gasteiger partial charge >= 0.3 is 0 Å². The summed E-state index contributed by atoms with van der Waals surface area (Å²) in [7, 11) is 0. The van der Waals surface area contributed by atoms with Gasteiger partial charge < -0.3 is 15.5 Å². The van der Waals surface area contributed by atoms with Crippen molar-refractivity contribution in [3.8, 4) is 17.0 Å². The van der Waals surface area contributed by atoms with E-state index < -0.39 is 0 Å². The predicted molar refractivity (Wildman–Crippen MR) is 99.7 cm³/mol. The average Bonchev–Trinajstić information content (AvgIpc) is 2.94. The first-order chi connectivity index (χ1) is 11.7. The second-order valence-corrected chi connectivity index (χ2v) is 6.13. The molecule has 0 atom stereocenters. The maximum atomic E-state index is 6.37. The molecular weight excluding hydrogens is 322 g/mol. The van der Waals surface area contributed by atoms with Gasteiger partial charge in [0.15, 0.2) is 0 Å². The number of hydrogen-bond donors (Lipinski definition) is 2. The summed E-state index contributed by atoms with van der Waals surface area (Å²) in [5, 5.41) is 1.83. The van der Waals surface area contributed by atoms with Crippen LogP contribution in [0.5, 0.6) is 5.75 Å². The second-order valence-electron chi connectivity index (χ2n) is 5.72. The third-order valence-corrected chi connectivity index (χ3v) is 4.41. The molecule has 2 heterocycles. The van der Waals surface area contributed by atoms with E-state index in [2.05, 4.69) is 22.1 Å². The molecule has 1 aromatic carbocycles. The molecule has 0 spiro atoms. The highest BCUT2D eigenvalue weighted by molar-refractivity contribution is 6.33. The van der Waals surface area contributed by atoms with Gasteiger partial charge in [0.25, 0.3) is 0 Å². The van der Waals surface area contributed by atoms with Crippen molar-refractivity contribution < 1.29 is 4.74 Å². The number of halogens is 1. The van der Waals surface area contributed by atoms with Gasteiger partial charge in [0, 0.05) is 28.9 Å². The molecule has 5 heteroatoms. The van der Waals surface area contributed by atoms with Crippen molar-refractivity contribution in [2.45, 2.75) is 26.2 Å². The van der Waals surface area contributed by atoms with E-state index in [4.69, 9.17) is 22.1 Å². The highest BCUT2D eigenvalue weighted by Gasteiger charge is 2.16. The van der Waals surface area contributed by atoms with Crippen LogP contribution in [0.25, 0.3) is 22.2 Å². The fourth-order valence-electron chi connectivity index (χ4n) is 3.00. The van der Waals surface area contributed by atoms with E-state index in [1.165, 1.54) is 10.9 Å². The first-order valence-electron chi connectivity index (χ1n) is 8.32. The smallest absolute Gasteiger partial charge is 0.120 e. The van der Waals surface area contributed by atoms with Crippen molar-refractivity contribution in [2.24, 2.45) is 5.73 Å². The normalized spacial score (nSPS) is 11.1. The molecule has 3 N–H and O–H groups in total. The summed E-state index contributed by atoms with van der Waals surface area (Å²) < 4.78 is 5.66. The zero-order chi connectivity index (χ0) is 16.9. The maximum absolute atomic E-state index is 6.37. The lowest BCUT2D eigenvalue weighted by atomic mass is 10.0. The molecule has 0 unspecified atom stereocenters. The van der Waals surface area contributed by atoms with Crippen LogP contribution in [0.2, 0.25) is 5.02 Å². The monoisotopic (exact) mass is 343 g/mol. The molecule has 0 bridgehead atoms. The summed E-state index contributed by atoms with van der Waals surface area (Å²) in [6, 6.07) is 8.10. The molecule has 0 amide bonds. The number of hydrogen-bond acceptors (Lipinski definition) is 3. The standard InChI is InChI=1S/C19H22ClN3O/c1-2-24-13-6-7-18-16(11-13)14(5-3-4-9-21)19(23-18)15-8-10-22-12-17(15)20/h6-8,10-12,23H,2-5,9,21H2,1H3. The fraction of sp³-hybridized carbons (Fsp3) is 0.316. The molecule has 0 aliphatic carbocycles. The van der Waals surface area contributed by atoms with Crippen LogP contribution < -0.4 is 10.5 Å². The van der Waals surface area contributed by atoms with Crippen molar-refractivity contribution in [3.63, 3.8) is 0 Å².